The lowest BCUT2D eigenvalue weighted by atomic mass is 10.1. The molecule has 0 aliphatic rings. The van der Waals surface area contributed by atoms with Crippen LogP contribution in [-0.2, 0) is 6.54 Å². The molecule has 0 aliphatic carbocycles. The highest BCUT2D eigenvalue weighted by molar-refractivity contribution is 7.20. The highest BCUT2D eigenvalue weighted by atomic mass is 32.1. The van der Waals surface area contributed by atoms with E-state index >= 15 is 0 Å². The third-order valence-electron chi connectivity index (χ3n) is 5.02. The van der Waals surface area contributed by atoms with E-state index in [0.29, 0.717) is 12.1 Å². The van der Waals surface area contributed by atoms with E-state index in [1.807, 2.05) is 96.5 Å². The van der Waals surface area contributed by atoms with Gasteiger partial charge in [-0.2, -0.15) is 5.10 Å². The minimum absolute atomic E-state index is 0.117. The number of carbonyl (C=O) groups is 1. The fourth-order valence-corrected chi connectivity index (χ4v) is 4.22. The molecule has 0 spiro atoms. The van der Waals surface area contributed by atoms with Gasteiger partial charge in [0.05, 0.1) is 6.20 Å². The summed E-state index contributed by atoms with van der Waals surface area (Å²) >= 11 is 1.57. The zero-order valence-electron chi connectivity index (χ0n) is 17.4. The molecule has 0 saturated heterocycles. The van der Waals surface area contributed by atoms with Gasteiger partial charge in [0.15, 0.2) is 0 Å². The van der Waals surface area contributed by atoms with E-state index in [1.54, 1.807) is 11.3 Å². The number of carbonyl (C=O) groups excluding carboxylic acids is 1. The van der Waals surface area contributed by atoms with Gasteiger partial charge in [0.2, 0.25) is 0 Å². The van der Waals surface area contributed by atoms with Crippen LogP contribution in [0.1, 0.15) is 21.7 Å². The lowest BCUT2D eigenvalue weighted by molar-refractivity contribution is 0.0951. The van der Waals surface area contributed by atoms with E-state index in [0.717, 1.165) is 38.3 Å². The quantitative estimate of drug-likeness (QED) is 0.379. The van der Waals surface area contributed by atoms with Crippen LogP contribution in [0.4, 0.5) is 0 Å². The number of benzene rings is 3. The van der Waals surface area contributed by atoms with E-state index in [2.05, 4.69) is 15.4 Å². The van der Waals surface area contributed by atoms with Crippen molar-refractivity contribution < 1.29 is 9.53 Å². The summed E-state index contributed by atoms with van der Waals surface area (Å²) in [5, 5.41) is 8.45. The summed E-state index contributed by atoms with van der Waals surface area (Å²) in [5.41, 5.74) is 2.58. The zero-order chi connectivity index (χ0) is 21.9. The molecule has 2 aromatic heterocycles. The van der Waals surface area contributed by atoms with E-state index in [-0.39, 0.29) is 5.91 Å². The van der Waals surface area contributed by atoms with Crippen molar-refractivity contribution in [2.75, 3.05) is 0 Å². The molecule has 2 heterocycles. The Morgan fingerprint density at radius 2 is 1.69 bits per heavy atom. The Balaban J connectivity index is 1.19. The van der Waals surface area contributed by atoms with Crippen molar-refractivity contribution in [3.8, 4) is 22.1 Å². The van der Waals surface area contributed by atoms with Gasteiger partial charge in [0.1, 0.15) is 27.2 Å². The number of para-hydroxylation sites is 1. The summed E-state index contributed by atoms with van der Waals surface area (Å²) in [7, 11) is 0. The van der Waals surface area contributed by atoms with Crippen LogP contribution in [0.5, 0.6) is 11.5 Å². The molecular formula is C25H20N4O2S. The number of nitrogens with zero attached hydrogens (tertiary/aromatic N) is 3. The van der Waals surface area contributed by atoms with Gasteiger partial charge in [-0.25, -0.2) is 9.50 Å². The topological polar surface area (TPSA) is 68.5 Å². The average molecular weight is 441 g/mol. The van der Waals surface area contributed by atoms with Crippen LogP contribution in [0.25, 0.3) is 15.4 Å². The Bertz CT molecular complexity index is 1360. The van der Waals surface area contributed by atoms with Crippen molar-refractivity contribution in [1.82, 2.24) is 19.9 Å². The molecule has 5 rings (SSSR count). The van der Waals surface area contributed by atoms with Crippen molar-refractivity contribution in [3.63, 3.8) is 0 Å². The SMILES string of the molecule is Cc1ncc2sc(-c3ccc(C(=O)NCc4ccc(Oc5ccccc5)cc4)cc3)nn12. The monoisotopic (exact) mass is 440 g/mol. The molecule has 0 fully saturated rings. The van der Waals surface area contributed by atoms with Crippen LogP contribution in [0.15, 0.2) is 85.1 Å². The Labute approximate surface area is 189 Å². The Hall–Kier alpha value is -3.97. The molecule has 0 atom stereocenters. The standard InChI is InChI=1S/C25H20N4O2S/c1-17-26-16-23-29(17)28-25(32-23)20-11-9-19(10-12-20)24(30)27-15-18-7-13-22(14-8-18)31-21-5-3-2-4-6-21/h2-14,16H,15H2,1H3,(H,27,30). The second-order valence-corrected chi connectivity index (χ2v) is 8.29. The maximum absolute atomic E-state index is 12.6. The molecule has 0 saturated carbocycles. The van der Waals surface area contributed by atoms with Crippen molar-refractivity contribution in [1.29, 1.82) is 0 Å². The molecule has 0 bridgehead atoms. The third kappa shape index (κ3) is 4.24. The van der Waals surface area contributed by atoms with Gasteiger partial charge in [-0.05, 0) is 48.9 Å². The van der Waals surface area contributed by atoms with E-state index in [4.69, 9.17) is 4.74 Å². The Morgan fingerprint density at radius 3 is 2.41 bits per heavy atom. The van der Waals surface area contributed by atoms with Crippen molar-refractivity contribution in [3.05, 3.63) is 102 Å². The van der Waals surface area contributed by atoms with Crippen molar-refractivity contribution >= 4 is 22.1 Å². The highest BCUT2D eigenvalue weighted by Crippen LogP contribution is 2.26. The smallest absolute Gasteiger partial charge is 0.251 e. The Morgan fingerprint density at radius 1 is 0.969 bits per heavy atom. The number of ether oxygens (including phenoxy) is 1. The summed E-state index contributed by atoms with van der Waals surface area (Å²) in [6, 6.07) is 24.8. The van der Waals surface area contributed by atoms with Crippen LogP contribution in [0, 0.1) is 6.92 Å². The first-order valence-electron chi connectivity index (χ1n) is 10.2. The summed E-state index contributed by atoms with van der Waals surface area (Å²) in [4.78, 5) is 17.8. The first-order chi connectivity index (χ1) is 15.7. The van der Waals surface area contributed by atoms with Gasteiger partial charge in [-0.3, -0.25) is 4.79 Å². The normalized spacial score (nSPS) is 10.9. The maximum atomic E-state index is 12.6. The van der Waals surface area contributed by atoms with Crippen LogP contribution >= 0.6 is 11.3 Å². The van der Waals surface area contributed by atoms with Gasteiger partial charge in [0, 0.05) is 17.7 Å². The number of hydrogen-bond acceptors (Lipinski definition) is 5. The van der Waals surface area contributed by atoms with Crippen LogP contribution in [0.3, 0.4) is 0 Å². The highest BCUT2D eigenvalue weighted by Gasteiger charge is 2.11. The van der Waals surface area contributed by atoms with E-state index in [9.17, 15) is 4.79 Å². The zero-order valence-corrected chi connectivity index (χ0v) is 18.2. The predicted octanol–water partition coefficient (Wildman–Crippen LogP) is 5.49. The molecular weight excluding hydrogens is 420 g/mol. The van der Waals surface area contributed by atoms with Crippen LogP contribution < -0.4 is 10.1 Å². The van der Waals surface area contributed by atoms with E-state index < -0.39 is 0 Å². The number of rotatable bonds is 6. The first kappa shape index (κ1) is 20.0. The molecule has 7 heteroatoms. The molecule has 158 valence electrons. The number of fused-ring (bicyclic) bond motifs is 1. The fraction of sp³-hybridized carbons (Fsp3) is 0.0800. The summed E-state index contributed by atoms with van der Waals surface area (Å²) in [6.07, 6.45) is 1.82. The lowest BCUT2D eigenvalue weighted by Gasteiger charge is -2.08. The number of aromatic nitrogens is 3. The summed E-state index contributed by atoms with van der Waals surface area (Å²) in [6.45, 7) is 2.37. The minimum Gasteiger partial charge on any atom is -0.457 e. The maximum Gasteiger partial charge on any atom is 0.251 e. The molecule has 6 nitrogen and oxygen atoms in total. The third-order valence-corrected chi connectivity index (χ3v) is 6.02. The molecule has 3 aromatic carbocycles. The number of aryl methyl sites for hydroxylation is 1. The molecule has 0 aliphatic heterocycles. The number of amides is 1. The lowest BCUT2D eigenvalue weighted by Crippen LogP contribution is -2.22. The average Bonchev–Trinajstić information content (AvgIpc) is 3.41. The van der Waals surface area contributed by atoms with Gasteiger partial charge in [0.25, 0.3) is 5.91 Å². The molecule has 0 unspecified atom stereocenters. The van der Waals surface area contributed by atoms with Crippen molar-refractivity contribution in [2.24, 2.45) is 0 Å². The number of hydrogen-bond donors (Lipinski definition) is 1. The largest absolute Gasteiger partial charge is 0.457 e. The molecule has 32 heavy (non-hydrogen) atoms. The summed E-state index contributed by atoms with van der Waals surface area (Å²) < 4.78 is 7.63. The second kappa shape index (κ2) is 8.64. The minimum atomic E-state index is -0.117. The molecule has 1 amide bonds. The molecule has 5 aromatic rings. The fourth-order valence-electron chi connectivity index (χ4n) is 3.28. The first-order valence-corrected chi connectivity index (χ1v) is 11.0. The van der Waals surface area contributed by atoms with Crippen LogP contribution in [0.2, 0.25) is 0 Å². The van der Waals surface area contributed by atoms with Gasteiger partial charge < -0.3 is 10.1 Å². The molecule has 0 radical (unpaired) electrons. The predicted molar refractivity (Wildman–Crippen MR) is 125 cm³/mol. The molecule has 1 N–H and O–H groups in total. The summed E-state index contributed by atoms with van der Waals surface area (Å²) in [5.74, 6) is 2.29. The van der Waals surface area contributed by atoms with Gasteiger partial charge >= 0.3 is 0 Å². The van der Waals surface area contributed by atoms with E-state index in [1.165, 1.54) is 0 Å². The number of nitrogens with one attached hydrogen (secondary N) is 1. The van der Waals surface area contributed by atoms with Crippen LogP contribution in [-0.4, -0.2) is 20.5 Å². The van der Waals surface area contributed by atoms with Crippen molar-refractivity contribution in [2.45, 2.75) is 13.5 Å². The Kier molecular flexibility index (Phi) is 5.39. The van der Waals surface area contributed by atoms with Gasteiger partial charge in [-0.15, -0.1) is 0 Å². The number of imidazole rings is 1. The van der Waals surface area contributed by atoms with Gasteiger partial charge in [-0.1, -0.05) is 53.8 Å². The second-order valence-electron chi connectivity index (χ2n) is 7.28.